The van der Waals surface area contributed by atoms with Gasteiger partial charge in [0, 0.05) is 44.9 Å². The van der Waals surface area contributed by atoms with Crippen molar-refractivity contribution in [3.63, 3.8) is 0 Å². The van der Waals surface area contributed by atoms with Crippen LogP contribution in [0.5, 0.6) is 0 Å². The van der Waals surface area contributed by atoms with Gasteiger partial charge in [0.1, 0.15) is 5.82 Å². The molecule has 37 heavy (non-hydrogen) atoms. The summed E-state index contributed by atoms with van der Waals surface area (Å²) in [6, 6.07) is 5.61. The number of aromatic nitrogens is 2. The second-order valence-electron chi connectivity index (χ2n) is 9.34. The van der Waals surface area contributed by atoms with Crippen LogP contribution in [0.25, 0.3) is 0 Å². The van der Waals surface area contributed by atoms with Crippen molar-refractivity contribution in [3.05, 3.63) is 47.5 Å². The van der Waals surface area contributed by atoms with Crippen LogP contribution in [0.3, 0.4) is 0 Å². The Bertz CT molecular complexity index is 1150. The first-order valence-electron chi connectivity index (χ1n) is 12.8. The van der Waals surface area contributed by atoms with Crippen LogP contribution in [0.2, 0.25) is 0 Å². The Hall–Kier alpha value is -2.54. The van der Waals surface area contributed by atoms with E-state index in [0.717, 1.165) is 25.9 Å². The van der Waals surface area contributed by atoms with Gasteiger partial charge in [0.25, 0.3) is 0 Å². The molecule has 0 spiro atoms. The minimum atomic E-state index is -3.97. The number of nitrogens with zero attached hydrogens (tertiary/aromatic N) is 4. The molecule has 1 aromatic carbocycles. The average molecular weight is 538 g/mol. The molecule has 2 amide bonds. The molecule has 0 bridgehead atoms. The predicted octanol–water partition coefficient (Wildman–Crippen LogP) is 2.04. The molecule has 12 heteroatoms. The minimum Gasteiger partial charge on any atom is -0.379 e. The van der Waals surface area contributed by atoms with Crippen LogP contribution in [-0.4, -0.2) is 92.4 Å². The number of rotatable bonds is 11. The molecular formula is C25H36FN5O5S. The number of hydrogen-bond donors (Lipinski definition) is 1. The second-order valence-corrected chi connectivity index (χ2v) is 11.2. The van der Waals surface area contributed by atoms with Gasteiger partial charge in [-0.15, -0.1) is 0 Å². The van der Waals surface area contributed by atoms with Crippen LogP contribution < -0.4 is 5.32 Å². The van der Waals surface area contributed by atoms with Crippen molar-refractivity contribution in [1.82, 2.24) is 24.7 Å². The smallest absolute Gasteiger partial charge is 0.317 e. The van der Waals surface area contributed by atoms with E-state index in [-0.39, 0.29) is 29.4 Å². The molecule has 0 saturated carbocycles. The molecule has 10 nitrogen and oxygen atoms in total. The van der Waals surface area contributed by atoms with E-state index in [1.54, 1.807) is 15.5 Å². The molecule has 0 aliphatic carbocycles. The third-order valence-electron chi connectivity index (χ3n) is 6.65. The van der Waals surface area contributed by atoms with Gasteiger partial charge in [0.15, 0.2) is 0 Å². The summed E-state index contributed by atoms with van der Waals surface area (Å²) >= 11 is 0. The maximum atomic E-state index is 14.3. The number of carbonyl (C=O) groups excluding carboxylic acids is 1. The fraction of sp³-hybridized carbons (Fsp3) is 0.600. The van der Waals surface area contributed by atoms with Crippen molar-refractivity contribution in [3.8, 4) is 0 Å². The highest BCUT2D eigenvalue weighted by Crippen LogP contribution is 2.23. The Labute approximate surface area is 217 Å². The van der Waals surface area contributed by atoms with Gasteiger partial charge in [-0.25, -0.2) is 22.6 Å². The molecule has 2 aliphatic rings. The van der Waals surface area contributed by atoms with Crippen molar-refractivity contribution in [1.29, 1.82) is 0 Å². The van der Waals surface area contributed by atoms with E-state index < -0.39 is 21.4 Å². The third kappa shape index (κ3) is 7.28. The first-order chi connectivity index (χ1) is 17.9. The van der Waals surface area contributed by atoms with E-state index in [1.165, 1.54) is 24.4 Å². The van der Waals surface area contributed by atoms with Gasteiger partial charge in [0.2, 0.25) is 15.0 Å². The number of sulfone groups is 1. The van der Waals surface area contributed by atoms with E-state index in [1.807, 2.05) is 6.92 Å². The summed E-state index contributed by atoms with van der Waals surface area (Å²) < 4.78 is 53.9. The molecule has 1 aromatic heterocycles. The zero-order chi connectivity index (χ0) is 26.3. The normalized spacial score (nSPS) is 18.7. The lowest BCUT2D eigenvalue weighted by atomic mass is 10.2. The topological polar surface area (TPSA) is 106 Å². The molecule has 3 heterocycles. The number of nitrogens with one attached hydrogen (secondary N) is 1. The predicted molar refractivity (Wildman–Crippen MR) is 135 cm³/mol. The van der Waals surface area contributed by atoms with Crippen LogP contribution >= 0.6 is 0 Å². The Morgan fingerprint density at radius 3 is 2.73 bits per heavy atom. The Morgan fingerprint density at radius 1 is 1.24 bits per heavy atom. The van der Waals surface area contributed by atoms with Gasteiger partial charge in [0.05, 0.1) is 50.1 Å². The zero-order valence-electron chi connectivity index (χ0n) is 21.3. The highest BCUT2D eigenvalue weighted by molar-refractivity contribution is 7.90. The highest BCUT2D eigenvalue weighted by Gasteiger charge is 2.29. The molecule has 1 unspecified atom stereocenters. The van der Waals surface area contributed by atoms with Crippen molar-refractivity contribution in [2.45, 2.75) is 49.9 Å². The fourth-order valence-corrected chi connectivity index (χ4v) is 6.15. The molecule has 204 valence electrons. The Balaban J connectivity index is 1.59. The van der Waals surface area contributed by atoms with Crippen LogP contribution in [0.1, 0.15) is 31.0 Å². The van der Waals surface area contributed by atoms with Gasteiger partial charge in [-0.1, -0.05) is 18.2 Å². The minimum absolute atomic E-state index is 0.0881. The standard InChI is InChI=1S/C25H36FN5O5S/c1-2-27-24(32)30(10-9-29-11-14-35-15-12-29)17-21-16-28-25(31(21)18-22-7-5-13-36-22)37(33,34)19-20-6-3-4-8-23(20)26/h3-4,6,8,16,22H,2,5,7,9-15,17-19H2,1H3,(H,27,32). The van der Waals surface area contributed by atoms with Crippen molar-refractivity contribution in [2.24, 2.45) is 0 Å². The summed E-state index contributed by atoms with van der Waals surface area (Å²) in [5.41, 5.74) is 0.681. The Kier molecular flexibility index (Phi) is 9.52. The van der Waals surface area contributed by atoms with Crippen molar-refractivity contribution in [2.75, 3.05) is 52.5 Å². The molecule has 2 saturated heterocycles. The van der Waals surface area contributed by atoms with Crippen LogP contribution in [0.15, 0.2) is 35.6 Å². The second kappa shape index (κ2) is 12.8. The largest absolute Gasteiger partial charge is 0.379 e. The molecule has 0 radical (unpaired) electrons. The van der Waals surface area contributed by atoms with E-state index in [4.69, 9.17) is 9.47 Å². The number of hydrogen-bond acceptors (Lipinski definition) is 7. The van der Waals surface area contributed by atoms with Gasteiger partial charge < -0.3 is 24.3 Å². The van der Waals surface area contributed by atoms with E-state index >= 15 is 0 Å². The van der Waals surface area contributed by atoms with Crippen LogP contribution in [0.4, 0.5) is 9.18 Å². The quantitative estimate of drug-likeness (QED) is 0.468. The lowest BCUT2D eigenvalue weighted by Crippen LogP contribution is -2.46. The molecule has 2 fully saturated rings. The first kappa shape index (κ1) is 27.5. The highest BCUT2D eigenvalue weighted by atomic mass is 32.2. The summed E-state index contributed by atoms with van der Waals surface area (Å²) in [6.07, 6.45) is 3.06. The summed E-state index contributed by atoms with van der Waals surface area (Å²) in [7, 11) is -3.97. The lowest BCUT2D eigenvalue weighted by Gasteiger charge is -2.30. The molecule has 2 aliphatic heterocycles. The number of halogens is 1. The van der Waals surface area contributed by atoms with Gasteiger partial charge in [-0.05, 0) is 25.8 Å². The average Bonchev–Trinajstić information content (AvgIpc) is 3.54. The molecule has 4 rings (SSSR count). The molecular weight excluding hydrogens is 501 g/mol. The van der Waals surface area contributed by atoms with Gasteiger partial charge >= 0.3 is 6.03 Å². The lowest BCUT2D eigenvalue weighted by molar-refractivity contribution is 0.0345. The molecule has 2 aromatic rings. The van der Waals surface area contributed by atoms with Crippen molar-refractivity contribution < 1.29 is 27.1 Å². The SMILES string of the molecule is CCNC(=O)N(CCN1CCOCC1)Cc1cnc(S(=O)(=O)Cc2ccccc2F)n1CC1CCCO1. The maximum absolute atomic E-state index is 14.3. The van der Waals surface area contributed by atoms with Gasteiger partial charge in [-0.3, -0.25) is 4.90 Å². The summed E-state index contributed by atoms with van der Waals surface area (Å²) in [5.74, 6) is -1.08. The summed E-state index contributed by atoms with van der Waals surface area (Å²) in [6.45, 7) is 7.52. The van der Waals surface area contributed by atoms with E-state index in [9.17, 15) is 17.6 Å². The number of urea groups is 1. The monoisotopic (exact) mass is 537 g/mol. The zero-order valence-corrected chi connectivity index (χ0v) is 22.1. The number of carbonyl (C=O) groups is 1. The number of amides is 2. The van der Waals surface area contributed by atoms with Crippen molar-refractivity contribution >= 4 is 15.9 Å². The number of ether oxygens (including phenoxy) is 2. The van der Waals surface area contributed by atoms with E-state index in [0.29, 0.717) is 51.7 Å². The molecule has 1 atom stereocenters. The molecule has 1 N–H and O–H groups in total. The van der Waals surface area contributed by atoms with Gasteiger partial charge in [-0.2, -0.15) is 0 Å². The van der Waals surface area contributed by atoms with Crippen LogP contribution in [-0.2, 0) is 38.2 Å². The summed E-state index contributed by atoms with van der Waals surface area (Å²) in [4.78, 5) is 21.1. The number of benzene rings is 1. The Morgan fingerprint density at radius 2 is 2.03 bits per heavy atom. The van der Waals surface area contributed by atoms with Crippen LogP contribution in [0, 0.1) is 5.82 Å². The first-order valence-corrected chi connectivity index (χ1v) is 14.5. The van der Waals surface area contributed by atoms with E-state index in [2.05, 4.69) is 15.2 Å². The maximum Gasteiger partial charge on any atom is 0.317 e. The fourth-order valence-electron chi connectivity index (χ4n) is 4.64. The number of imidazole rings is 1. The third-order valence-corrected chi connectivity index (χ3v) is 8.22. The number of morpholine rings is 1. The summed E-state index contributed by atoms with van der Waals surface area (Å²) in [5, 5.41) is 2.72.